The van der Waals surface area contributed by atoms with Crippen LogP contribution >= 0.6 is 11.3 Å². The Balaban J connectivity index is 1.61. The Hall–Kier alpha value is -1.82. The molecule has 0 radical (unpaired) electrons. The van der Waals surface area contributed by atoms with Crippen LogP contribution in [0.4, 0.5) is 4.79 Å². The molecule has 1 aliphatic rings. The van der Waals surface area contributed by atoms with Crippen molar-refractivity contribution in [1.82, 2.24) is 20.0 Å². The fourth-order valence-electron chi connectivity index (χ4n) is 3.65. The fourth-order valence-corrected chi connectivity index (χ4v) is 4.58. The van der Waals surface area contributed by atoms with Gasteiger partial charge >= 0.3 is 6.03 Å². The second-order valence-corrected chi connectivity index (χ2v) is 7.42. The molecule has 3 heterocycles. The van der Waals surface area contributed by atoms with Crippen LogP contribution in [-0.4, -0.2) is 33.8 Å². The van der Waals surface area contributed by atoms with Gasteiger partial charge in [0.15, 0.2) is 0 Å². The summed E-state index contributed by atoms with van der Waals surface area (Å²) in [7, 11) is 1.96. The third kappa shape index (κ3) is 3.07. The lowest BCUT2D eigenvalue weighted by Crippen LogP contribution is -2.45. The molecule has 0 fully saturated rings. The monoisotopic (exact) mass is 346 g/mol. The number of nitrogens with zero attached hydrogens (tertiary/aromatic N) is 3. The summed E-state index contributed by atoms with van der Waals surface area (Å²) in [6, 6.07) is 2.44. The molecule has 0 bridgehead atoms. The first-order valence-corrected chi connectivity index (χ1v) is 9.50. The normalized spacial score (nSPS) is 17.0. The number of aromatic nitrogens is 2. The summed E-state index contributed by atoms with van der Waals surface area (Å²) in [4.78, 5) is 16.1. The summed E-state index contributed by atoms with van der Waals surface area (Å²) >= 11 is 1.81. The zero-order chi connectivity index (χ0) is 17.3. The molecule has 0 saturated carbocycles. The van der Waals surface area contributed by atoms with Crippen LogP contribution < -0.4 is 5.32 Å². The molecular weight excluding hydrogens is 320 g/mol. The zero-order valence-corrected chi connectivity index (χ0v) is 15.7. The van der Waals surface area contributed by atoms with Crippen LogP contribution in [0.15, 0.2) is 11.4 Å². The van der Waals surface area contributed by atoms with Crippen molar-refractivity contribution in [1.29, 1.82) is 0 Å². The second kappa shape index (κ2) is 6.97. The van der Waals surface area contributed by atoms with Gasteiger partial charge in [0, 0.05) is 30.7 Å². The Kier molecular flexibility index (Phi) is 4.94. The predicted octanol–water partition coefficient (Wildman–Crippen LogP) is 3.36. The second-order valence-electron chi connectivity index (χ2n) is 6.42. The summed E-state index contributed by atoms with van der Waals surface area (Å²) in [5, 5.41) is 9.68. The average molecular weight is 347 g/mol. The molecule has 0 aromatic carbocycles. The molecule has 3 rings (SSSR count). The van der Waals surface area contributed by atoms with Gasteiger partial charge in [-0.25, -0.2) is 4.79 Å². The number of urea groups is 1. The Morgan fingerprint density at radius 2 is 2.25 bits per heavy atom. The van der Waals surface area contributed by atoms with E-state index in [2.05, 4.69) is 35.7 Å². The zero-order valence-electron chi connectivity index (χ0n) is 14.9. The first kappa shape index (κ1) is 17.0. The molecule has 1 unspecified atom stereocenters. The van der Waals surface area contributed by atoms with Crippen molar-refractivity contribution >= 4 is 17.4 Å². The van der Waals surface area contributed by atoms with Crippen LogP contribution in [0.2, 0.25) is 0 Å². The number of thiophene rings is 1. The molecule has 2 aromatic rings. The molecule has 2 amide bonds. The predicted molar refractivity (Wildman–Crippen MR) is 97.5 cm³/mol. The molecule has 1 atom stereocenters. The Morgan fingerprint density at radius 3 is 2.92 bits per heavy atom. The van der Waals surface area contributed by atoms with Crippen molar-refractivity contribution in [3.63, 3.8) is 0 Å². The maximum Gasteiger partial charge on any atom is 0.317 e. The molecule has 130 valence electrons. The molecule has 1 N–H and O–H groups in total. The molecule has 5 nitrogen and oxygen atoms in total. The molecule has 6 heteroatoms. The highest BCUT2D eigenvalue weighted by molar-refractivity contribution is 7.10. The molecule has 24 heavy (non-hydrogen) atoms. The van der Waals surface area contributed by atoms with Gasteiger partial charge in [0.1, 0.15) is 0 Å². The van der Waals surface area contributed by atoms with Gasteiger partial charge in [0.05, 0.1) is 11.7 Å². The van der Waals surface area contributed by atoms with E-state index in [9.17, 15) is 4.79 Å². The molecule has 1 aliphatic heterocycles. The summed E-state index contributed by atoms with van der Waals surface area (Å²) in [5.74, 6) is 0. The van der Waals surface area contributed by atoms with Gasteiger partial charge in [-0.3, -0.25) is 4.68 Å². The van der Waals surface area contributed by atoms with Crippen LogP contribution in [0.1, 0.15) is 46.8 Å². The van der Waals surface area contributed by atoms with Crippen molar-refractivity contribution < 1.29 is 4.79 Å². The van der Waals surface area contributed by atoms with Crippen molar-refractivity contribution in [3.05, 3.63) is 38.8 Å². The summed E-state index contributed by atoms with van der Waals surface area (Å²) in [6.07, 6.45) is 2.75. The summed E-state index contributed by atoms with van der Waals surface area (Å²) in [5.41, 5.74) is 4.80. The van der Waals surface area contributed by atoms with Crippen LogP contribution in [0.5, 0.6) is 0 Å². The first-order valence-electron chi connectivity index (χ1n) is 8.62. The Morgan fingerprint density at radius 1 is 1.46 bits per heavy atom. The van der Waals surface area contributed by atoms with E-state index in [1.54, 1.807) is 0 Å². The van der Waals surface area contributed by atoms with Crippen molar-refractivity contribution in [2.45, 2.75) is 46.1 Å². The van der Waals surface area contributed by atoms with E-state index < -0.39 is 0 Å². The van der Waals surface area contributed by atoms with Gasteiger partial charge in [0.25, 0.3) is 0 Å². The van der Waals surface area contributed by atoms with Crippen molar-refractivity contribution in [3.8, 4) is 0 Å². The van der Waals surface area contributed by atoms with Gasteiger partial charge in [0.2, 0.25) is 0 Å². The molecule has 0 spiro atoms. The largest absolute Gasteiger partial charge is 0.338 e. The van der Waals surface area contributed by atoms with Gasteiger partial charge in [-0.2, -0.15) is 5.10 Å². The maximum absolute atomic E-state index is 12.7. The minimum atomic E-state index is 0.0536. The minimum Gasteiger partial charge on any atom is -0.338 e. The summed E-state index contributed by atoms with van der Waals surface area (Å²) in [6.45, 7) is 7.71. The topological polar surface area (TPSA) is 50.2 Å². The number of carbonyl (C=O) groups is 1. The van der Waals surface area contributed by atoms with Crippen molar-refractivity contribution in [2.24, 2.45) is 7.05 Å². The highest BCUT2D eigenvalue weighted by Gasteiger charge is 2.30. The number of hydrogen-bond acceptors (Lipinski definition) is 3. The van der Waals surface area contributed by atoms with E-state index in [1.807, 2.05) is 34.9 Å². The van der Waals surface area contributed by atoms with E-state index in [0.29, 0.717) is 6.54 Å². The lowest BCUT2D eigenvalue weighted by Gasteiger charge is -2.35. The number of carbonyl (C=O) groups excluding carboxylic acids is 1. The lowest BCUT2D eigenvalue weighted by molar-refractivity contribution is 0.168. The maximum atomic E-state index is 12.7. The third-order valence-electron chi connectivity index (χ3n) is 5.05. The van der Waals surface area contributed by atoms with E-state index in [0.717, 1.165) is 31.5 Å². The van der Waals surface area contributed by atoms with E-state index in [-0.39, 0.29) is 12.1 Å². The fraction of sp³-hybridized carbons (Fsp3) is 0.556. The Bertz CT molecular complexity index is 733. The van der Waals surface area contributed by atoms with Crippen LogP contribution in [0, 0.1) is 13.8 Å². The van der Waals surface area contributed by atoms with E-state index >= 15 is 0 Å². The van der Waals surface area contributed by atoms with Gasteiger partial charge in [-0.15, -0.1) is 11.3 Å². The van der Waals surface area contributed by atoms with Gasteiger partial charge < -0.3 is 10.2 Å². The molecule has 2 aromatic heterocycles. The average Bonchev–Trinajstić information content (AvgIpc) is 3.13. The quantitative estimate of drug-likeness (QED) is 0.923. The van der Waals surface area contributed by atoms with Crippen LogP contribution in [-0.2, 0) is 19.9 Å². The summed E-state index contributed by atoms with van der Waals surface area (Å²) < 4.78 is 1.91. The number of nitrogens with one attached hydrogen (secondary N) is 1. The molecule has 0 aliphatic carbocycles. The van der Waals surface area contributed by atoms with Crippen molar-refractivity contribution in [2.75, 3.05) is 13.1 Å². The van der Waals surface area contributed by atoms with Gasteiger partial charge in [-0.05, 0) is 55.7 Å². The van der Waals surface area contributed by atoms with E-state index in [4.69, 9.17) is 0 Å². The standard InChI is InChI=1S/C18H26N4OS/c1-5-16-15-8-11-24-17(15)7-10-22(16)18(23)19-9-6-14-12(2)20-21(4)13(14)3/h8,11,16H,5-7,9-10H2,1-4H3,(H,19,23). The van der Waals surface area contributed by atoms with Crippen LogP contribution in [0.3, 0.4) is 0 Å². The highest BCUT2D eigenvalue weighted by atomic mass is 32.1. The number of amides is 2. The lowest BCUT2D eigenvalue weighted by atomic mass is 9.98. The van der Waals surface area contributed by atoms with Gasteiger partial charge in [-0.1, -0.05) is 6.92 Å². The molecular formula is C18H26N4OS. The number of hydrogen-bond donors (Lipinski definition) is 1. The number of rotatable bonds is 4. The van der Waals surface area contributed by atoms with E-state index in [1.165, 1.54) is 21.7 Å². The number of aryl methyl sites for hydroxylation is 2. The minimum absolute atomic E-state index is 0.0536. The SMILES string of the molecule is CCC1c2ccsc2CCN1C(=O)NCCc1c(C)nn(C)c1C. The third-order valence-corrected chi connectivity index (χ3v) is 6.05. The molecule has 0 saturated heterocycles. The highest BCUT2D eigenvalue weighted by Crippen LogP contribution is 2.35. The first-order chi connectivity index (χ1) is 11.5. The number of fused-ring (bicyclic) bond motifs is 1. The smallest absolute Gasteiger partial charge is 0.317 e. The Labute approximate surface area is 147 Å². The van der Waals surface area contributed by atoms with Crippen LogP contribution in [0.25, 0.3) is 0 Å².